The average molecular weight is 264 g/mol. The quantitative estimate of drug-likeness (QED) is 0.322. The molecule has 0 N–H and O–H groups in total. The molecule has 0 amide bonds. The summed E-state index contributed by atoms with van der Waals surface area (Å²) >= 11 is 0. The maximum Gasteiger partial charge on any atom is 0.395 e. The summed E-state index contributed by atoms with van der Waals surface area (Å²) < 4.78 is 38.3. The van der Waals surface area contributed by atoms with E-state index in [0.717, 1.165) is 44.9 Å². The van der Waals surface area contributed by atoms with Crippen LogP contribution >= 0.6 is 0 Å². The molecular weight excluding hydrogens is 237 g/mol. The highest BCUT2D eigenvalue weighted by Crippen LogP contribution is 2.31. The second-order valence-electron chi connectivity index (χ2n) is 4.92. The van der Waals surface area contributed by atoms with Gasteiger partial charge in [0.1, 0.15) is 0 Å². The van der Waals surface area contributed by atoms with Gasteiger partial charge in [0.2, 0.25) is 0 Å². The van der Waals surface area contributed by atoms with Crippen LogP contribution in [-0.2, 0) is 0 Å². The smallest absolute Gasteiger partial charge is 0.170 e. The Bertz CT molecular complexity index is 206. The van der Waals surface area contributed by atoms with Gasteiger partial charge in [-0.1, -0.05) is 64.5 Å². The largest absolute Gasteiger partial charge is 0.395 e. The molecule has 0 aliphatic rings. The van der Waals surface area contributed by atoms with Crippen molar-refractivity contribution in [3.63, 3.8) is 0 Å². The van der Waals surface area contributed by atoms with E-state index >= 15 is 0 Å². The third-order valence-corrected chi connectivity index (χ3v) is 3.13. The highest BCUT2D eigenvalue weighted by atomic mass is 19.4. The lowest BCUT2D eigenvalue weighted by atomic mass is 9.99. The minimum absolute atomic E-state index is 0.244. The van der Waals surface area contributed by atoms with Gasteiger partial charge in [-0.15, -0.1) is 0 Å². The van der Waals surface area contributed by atoms with Crippen LogP contribution in [0.15, 0.2) is 12.2 Å². The van der Waals surface area contributed by atoms with E-state index < -0.39 is 12.1 Å². The van der Waals surface area contributed by atoms with Gasteiger partial charge in [-0.2, -0.15) is 13.2 Å². The van der Waals surface area contributed by atoms with Gasteiger partial charge in [0.05, 0.1) is 5.92 Å². The summed E-state index contributed by atoms with van der Waals surface area (Å²) in [4.78, 5) is 0. The van der Waals surface area contributed by atoms with Crippen molar-refractivity contribution in [2.75, 3.05) is 0 Å². The van der Waals surface area contributed by atoms with Crippen molar-refractivity contribution in [2.24, 2.45) is 5.92 Å². The first-order chi connectivity index (χ1) is 8.52. The molecule has 108 valence electrons. The Labute approximate surface area is 110 Å². The van der Waals surface area contributed by atoms with E-state index in [1.165, 1.54) is 6.08 Å². The minimum Gasteiger partial charge on any atom is -0.170 e. The monoisotopic (exact) mass is 264 g/mol. The third kappa shape index (κ3) is 9.55. The number of hydrogen-bond acceptors (Lipinski definition) is 0. The van der Waals surface area contributed by atoms with E-state index in [-0.39, 0.29) is 6.42 Å². The molecule has 0 nitrogen and oxygen atoms in total. The summed E-state index contributed by atoms with van der Waals surface area (Å²) in [5.41, 5.74) is 0. The molecule has 0 aromatic heterocycles. The van der Waals surface area contributed by atoms with Crippen molar-refractivity contribution in [1.29, 1.82) is 0 Å². The third-order valence-electron chi connectivity index (χ3n) is 3.13. The molecule has 0 aliphatic heterocycles. The van der Waals surface area contributed by atoms with Gasteiger partial charge >= 0.3 is 6.18 Å². The number of allylic oxidation sites excluding steroid dienone is 2. The molecule has 1 atom stereocenters. The molecular formula is C15H27F3. The van der Waals surface area contributed by atoms with Gasteiger partial charge in [-0.05, 0) is 19.3 Å². The van der Waals surface area contributed by atoms with Crippen LogP contribution < -0.4 is 0 Å². The molecule has 0 saturated heterocycles. The standard InChI is InChI=1S/C15H27F3/c1-3-5-7-9-11-13-14(15(16,17)18)12-10-8-6-4-2/h11,13-14H,3-10,12H2,1-2H3. The van der Waals surface area contributed by atoms with E-state index in [1.54, 1.807) is 6.08 Å². The maximum atomic E-state index is 12.8. The molecule has 1 unspecified atom stereocenters. The van der Waals surface area contributed by atoms with E-state index in [2.05, 4.69) is 13.8 Å². The highest BCUT2D eigenvalue weighted by molar-refractivity contribution is 4.92. The molecule has 0 saturated carbocycles. The normalized spacial score (nSPS) is 14.3. The van der Waals surface area contributed by atoms with Crippen LogP contribution in [0.3, 0.4) is 0 Å². The number of rotatable bonds is 10. The molecule has 0 heterocycles. The van der Waals surface area contributed by atoms with E-state index in [1.807, 2.05) is 0 Å². The van der Waals surface area contributed by atoms with E-state index in [9.17, 15) is 13.2 Å². The fourth-order valence-electron chi connectivity index (χ4n) is 1.93. The summed E-state index contributed by atoms with van der Waals surface area (Å²) in [6, 6.07) is 0. The number of alkyl halides is 3. The van der Waals surface area contributed by atoms with Gasteiger partial charge in [0, 0.05) is 0 Å². The van der Waals surface area contributed by atoms with Crippen LogP contribution in [0.25, 0.3) is 0 Å². The molecule has 0 aromatic rings. The van der Waals surface area contributed by atoms with Crippen LogP contribution in [0.4, 0.5) is 13.2 Å². The van der Waals surface area contributed by atoms with Crippen molar-refractivity contribution in [3.8, 4) is 0 Å². The van der Waals surface area contributed by atoms with Gasteiger partial charge in [-0.3, -0.25) is 0 Å². The molecule has 0 aromatic carbocycles. The van der Waals surface area contributed by atoms with Gasteiger partial charge in [-0.25, -0.2) is 0 Å². The lowest BCUT2D eigenvalue weighted by Gasteiger charge is -2.16. The molecule has 18 heavy (non-hydrogen) atoms. The van der Waals surface area contributed by atoms with Crippen LogP contribution in [0.2, 0.25) is 0 Å². The molecule has 0 spiro atoms. The Morgan fingerprint density at radius 2 is 1.50 bits per heavy atom. The van der Waals surface area contributed by atoms with E-state index in [0.29, 0.717) is 6.42 Å². The fraction of sp³-hybridized carbons (Fsp3) is 0.867. The Kier molecular flexibility index (Phi) is 10.2. The summed E-state index contributed by atoms with van der Waals surface area (Å²) in [6.07, 6.45) is 6.91. The lowest BCUT2D eigenvalue weighted by Crippen LogP contribution is -2.20. The van der Waals surface area contributed by atoms with Crippen LogP contribution in [-0.4, -0.2) is 6.18 Å². The maximum absolute atomic E-state index is 12.8. The summed E-state index contributed by atoms with van der Waals surface area (Å²) in [6.45, 7) is 4.16. The number of unbranched alkanes of at least 4 members (excludes halogenated alkanes) is 6. The summed E-state index contributed by atoms with van der Waals surface area (Å²) in [5, 5.41) is 0. The lowest BCUT2D eigenvalue weighted by molar-refractivity contribution is -0.162. The molecule has 0 radical (unpaired) electrons. The van der Waals surface area contributed by atoms with Crippen LogP contribution in [0, 0.1) is 5.92 Å². The van der Waals surface area contributed by atoms with Gasteiger partial charge in [0.25, 0.3) is 0 Å². The first kappa shape index (κ1) is 17.5. The second kappa shape index (κ2) is 10.5. The Morgan fingerprint density at radius 1 is 0.889 bits per heavy atom. The van der Waals surface area contributed by atoms with Crippen LogP contribution in [0.5, 0.6) is 0 Å². The Morgan fingerprint density at radius 3 is 2.06 bits per heavy atom. The number of hydrogen-bond donors (Lipinski definition) is 0. The van der Waals surface area contributed by atoms with Crippen molar-refractivity contribution < 1.29 is 13.2 Å². The first-order valence-electron chi connectivity index (χ1n) is 7.25. The zero-order chi connectivity index (χ0) is 13.9. The Balaban J connectivity index is 4.00. The van der Waals surface area contributed by atoms with Gasteiger partial charge < -0.3 is 0 Å². The number of halogens is 3. The molecule has 0 bridgehead atoms. The molecule has 3 heteroatoms. The van der Waals surface area contributed by atoms with Crippen molar-refractivity contribution in [2.45, 2.75) is 77.8 Å². The minimum atomic E-state index is -4.08. The zero-order valence-electron chi connectivity index (χ0n) is 11.7. The fourth-order valence-corrected chi connectivity index (χ4v) is 1.93. The first-order valence-corrected chi connectivity index (χ1v) is 7.25. The average Bonchev–Trinajstić information content (AvgIpc) is 2.30. The molecule has 0 fully saturated rings. The van der Waals surface area contributed by atoms with Crippen molar-refractivity contribution in [1.82, 2.24) is 0 Å². The van der Waals surface area contributed by atoms with Crippen molar-refractivity contribution in [3.05, 3.63) is 12.2 Å². The predicted octanol–water partition coefficient (Wildman–Crippen LogP) is 6.27. The molecule has 0 aliphatic carbocycles. The summed E-state index contributed by atoms with van der Waals surface area (Å²) in [5.74, 6) is -1.24. The van der Waals surface area contributed by atoms with Gasteiger partial charge in [0.15, 0.2) is 0 Å². The SMILES string of the molecule is CCCCCC=CC(CCCCCC)C(F)(F)F. The second-order valence-corrected chi connectivity index (χ2v) is 4.92. The topological polar surface area (TPSA) is 0 Å². The predicted molar refractivity (Wildman–Crippen MR) is 71.6 cm³/mol. The zero-order valence-corrected chi connectivity index (χ0v) is 11.7. The summed E-state index contributed by atoms with van der Waals surface area (Å²) in [7, 11) is 0. The van der Waals surface area contributed by atoms with Crippen molar-refractivity contribution >= 4 is 0 Å². The van der Waals surface area contributed by atoms with E-state index in [4.69, 9.17) is 0 Å². The Hall–Kier alpha value is -0.470. The van der Waals surface area contributed by atoms with Crippen LogP contribution in [0.1, 0.15) is 71.6 Å². The highest BCUT2D eigenvalue weighted by Gasteiger charge is 2.36. The molecule has 0 rings (SSSR count).